The van der Waals surface area contributed by atoms with E-state index in [9.17, 15) is 19.7 Å². The van der Waals surface area contributed by atoms with Crippen LogP contribution in [0.2, 0.25) is 0 Å². The molecule has 0 radical (unpaired) electrons. The van der Waals surface area contributed by atoms with Gasteiger partial charge in [-0.05, 0) is 24.6 Å². The third kappa shape index (κ3) is 3.56. The Kier molecular flexibility index (Phi) is 5.52. The summed E-state index contributed by atoms with van der Waals surface area (Å²) < 4.78 is 0. The number of nitrogens with zero attached hydrogens (tertiary/aromatic N) is 4. The van der Waals surface area contributed by atoms with Crippen LogP contribution in [-0.2, 0) is 9.59 Å². The van der Waals surface area contributed by atoms with E-state index in [0.717, 1.165) is 0 Å². The lowest BCUT2D eigenvalue weighted by atomic mass is 10.0. The number of imide groups is 1. The number of non-ortho nitro benzene ring substituents is 1. The lowest BCUT2D eigenvalue weighted by Crippen LogP contribution is -2.48. The first-order chi connectivity index (χ1) is 13.0. The molecule has 9 heteroatoms. The second-order valence-electron chi connectivity index (χ2n) is 6.43. The van der Waals surface area contributed by atoms with Crippen molar-refractivity contribution in [2.24, 2.45) is 0 Å². The number of benzene rings is 1. The van der Waals surface area contributed by atoms with Crippen LogP contribution in [-0.4, -0.2) is 82.4 Å². The van der Waals surface area contributed by atoms with Gasteiger partial charge in [0.25, 0.3) is 17.5 Å². The number of likely N-dealkylation sites (N-methyl/N-ethyl adjacent to an activating group) is 1. The number of carbonyl (C=O) groups is 2. The maximum absolute atomic E-state index is 12.9. The summed E-state index contributed by atoms with van der Waals surface area (Å²) in [6.07, 6.45) is 0. The van der Waals surface area contributed by atoms with E-state index in [4.69, 9.17) is 5.11 Å². The minimum Gasteiger partial charge on any atom is -0.395 e. The number of piperazine rings is 1. The molecule has 0 aromatic heterocycles. The highest BCUT2D eigenvalue weighted by Gasteiger charge is 2.41. The fourth-order valence-electron chi connectivity index (χ4n) is 3.49. The van der Waals surface area contributed by atoms with Gasteiger partial charge in [-0.3, -0.25) is 29.5 Å². The fraction of sp³-hybridized carbons (Fsp3) is 0.444. The van der Waals surface area contributed by atoms with Crippen molar-refractivity contribution in [3.8, 4) is 0 Å². The third-order valence-electron chi connectivity index (χ3n) is 4.93. The van der Waals surface area contributed by atoms with Crippen LogP contribution in [0.15, 0.2) is 30.0 Å². The number of carbonyl (C=O) groups excluding carboxylic acids is 2. The molecule has 2 heterocycles. The SMILES string of the molecule is CCN1C(=O)C(c2ccc([N+](=O)[O-])cc2)=C(N2CCN(CCO)CC2)C1=O. The van der Waals surface area contributed by atoms with E-state index in [0.29, 0.717) is 49.6 Å². The van der Waals surface area contributed by atoms with Gasteiger partial charge in [0.05, 0.1) is 17.1 Å². The number of amides is 2. The highest BCUT2D eigenvalue weighted by molar-refractivity contribution is 6.35. The molecular formula is C18H22N4O5. The summed E-state index contributed by atoms with van der Waals surface area (Å²) >= 11 is 0. The Morgan fingerprint density at radius 3 is 2.22 bits per heavy atom. The molecule has 0 spiro atoms. The van der Waals surface area contributed by atoms with Crippen LogP contribution in [0.5, 0.6) is 0 Å². The van der Waals surface area contributed by atoms with E-state index in [1.807, 2.05) is 4.90 Å². The van der Waals surface area contributed by atoms with Gasteiger partial charge in [-0.1, -0.05) is 0 Å². The summed E-state index contributed by atoms with van der Waals surface area (Å²) in [7, 11) is 0. The molecular weight excluding hydrogens is 352 g/mol. The minimum absolute atomic E-state index is 0.0670. The quantitative estimate of drug-likeness (QED) is 0.434. The Morgan fingerprint density at radius 2 is 1.70 bits per heavy atom. The van der Waals surface area contributed by atoms with Gasteiger partial charge in [0, 0.05) is 51.4 Å². The van der Waals surface area contributed by atoms with Gasteiger partial charge < -0.3 is 10.0 Å². The van der Waals surface area contributed by atoms with Gasteiger partial charge in [-0.2, -0.15) is 0 Å². The average Bonchev–Trinajstić information content (AvgIpc) is 2.92. The zero-order valence-electron chi connectivity index (χ0n) is 15.1. The molecule has 0 saturated carbocycles. The second-order valence-corrected chi connectivity index (χ2v) is 6.43. The fourth-order valence-corrected chi connectivity index (χ4v) is 3.49. The largest absolute Gasteiger partial charge is 0.395 e. The number of aliphatic hydroxyl groups excluding tert-OH is 1. The molecule has 0 aliphatic carbocycles. The number of aliphatic hydroxyl groups is 1. The number of hydrogen-bond acceptors (Lipinski definition) is 7. The van der Waals surface area contributed by atoms with Crippen LogP contribution in [0, 0.1) is 10.1 Å². The zero-order chi connectivity index (χ0) is 19.6. The van der Waals surface area contributed by atoms with Gasteiger partial charge in [0.1, 0.15) is 5.70 Å². The molecule has 27 heavy (non-hydrogen) atoms. The van der Waals surface area contributed by atoms with Crippen molar-refractivity contribution in [3.05, 3.63) is 45.6 Å². The maximum atomic E-state index is 12.9. The van der Waals surface area contributed by atoms with Crippen LogP contribution < -0.4 is 0 Å². The number of nitro groups is 1. The predicted molar refractivity (Wildman–Crippen MR) is 97.5 cm³/mol. The van der Waals surface area contributed by atoms with Crippen LogP contribution in [0.1, 0.15) is 12.5 Å². The first-order valence-electron chi connectivity index (χ1n) is 8.91. The van der Waals surface area contributed by atoms with Crippen molar-refractivity contribution >= 4 is 23.1 Å². The molecule has 0 atom stereocenters. The van der Waals surface area contributed by atoms with Crippen molar-refractivity contribution in [3.63, 3.8) is 0 Å². The molecule has 1 saturated heterocycles. The van der Waals surface area contributed by atoms with Crippen molar-refractivity contribution < 1.29 is 19.6 Å². The van der Waals surface area contributed by atoms with Crippen LogP contribution in [0.3, 0.4) is 0 Å². The Morgan fingerprint density at radius 1 is 1.07 bits per heavy atom. The lowest BCUT2D eigenvalue weighted by Gasteiger charge is -2.36. The van der Waals surface area contributed by atoms with E-state index in [1.165, 1.54) is 29.2 Å². The number of rotatable bonds is 6. The first kappa shape index (κ1) is 19.0. The number of hydrogen-bond donors (Lipinski definition) is 1. The van der Waals surface area contributed by atoms with Gasteiger partial charge in [-0.25, -0.2) is 0 Å². The molecule has 3 rings (SSSR count). The lowest BCUT2D eigenvalue weighted by molar-refractivity contribution is -0.384. The Labute approximate surface area is 156 Å². The molecule has 2 amide bonds. The van der Waals surface area contributed by atoms with E-state index >= 15 is 0 Å². The van der Waals surface area contributed by atoms with Crippen molar-refractivity contribution in [1.29, 1.82) is 0 Å². The van der Waals surface area contributed by atoms with Crippen LogP contribution in [0.25, 0.3) is 5.57 Å². The highest BCUT2D eigenvalue weighted by atomic mass is 16.6. The van der Waals surface area contributed by atoms with Crippen LogP contribution >= 0.6 is 0 Å². The molecule has 1 N–H and O–H groups in total. The van der Waals surface area contributed by atoms with E-state index in [2.05, 4.69) is 4.90 Å². The van der Waals surface area contributed by atoms with Crippen molar-refractivity contribution in [2.45, 2.75) is 6.92 Å². The monoisotopic (exact) mass is 374 g/mol. The summed E-state index contributed by atoms with van der Waals surface area (Å²) in [5.41, 5.74) is 1.09. The minimum atomic E-state index is -0.501. The summed E-state index contributed by atoms with van der Waals surface area (Å²) in [5.74, 6) is -0.699. The molecule has 9 nitrogen and oxygen atoms in total. The smallest absolute Gasteiger partial charge is 0.277 e. The Hall–Kier alpha value is -2.78. The standard InChI is InChI=1S/C18H22N4O5/c1-2-21-17(24)15(13-3-5-14(6-4-13)22(26)27)16(18(21)25)20-9-7-19(8-10-20)11-12-23/h3-6,23H,2,7-12H2,1H3. The van der Waals surface area contributed by atoms with Gasteiger partial charge >= 0.3 is 0 Å². The van der Waals surface area contributed by atoms with Gasteiger partial charge in [0.15, 0.2) is 0 Å². The Balaban J connectivity index is 1.95. The summed E-state index contributed by atoms with van der Waals surface area (Å²) in [5, 5.41) is 20.0. The van der Waals surface area contributed by atoms with E-state index in [-0.39, 0.29) is 30.7 Å². The number of nitro benzene ring substituents is 1. The van der Waals surface area contributed by atoms with E-state index in [1.54, 1.807) is 6.92 Å². The number of β-amino-alcohol motifs (C(OH)–C–C–N with tert-alkyl or cyclic N) is 1. The molecule has 1 fully saturated rings. The molecule has 144 valence electrons. The second kappa shape index (κ2) is 7.85. The average molecular weight is 374 g/mol. The zero-order valence-corrected chi connectivity index (χ0v) is 15.1. The van der Waals surface area contributed by atoms with E-state index < -0.39 is 4.92 Å². The molecule has 0 bridgehead atoms. The Bertz CT molecular complexity index is 781. The van der Waals surface area contributed by atoms with Crippen molar-refractivity contribution in [1.82, 2.24) is 14.7 Å². The van der Waals surface area contributed by atoms with Gasteiger partial charge in [0.2, 0.25) is 0 Å². The first-order valence-corrected chi connectivity index (χ1v) is 8.91. The molecule has 2 aliphatic rings. The summed E-state index contributed by atoms with van der Waals surface area (Å²) in [4.78, 5) is 41.3. The third-order valence-corrected chi connectivity index (χ3v) is 4.93. The summed E-state index contributed by atoms with van der Waals surface area (Å²) in [6, 6.07) is 5.70. The highest BCUT2D eigenvalue weighted by Crippen LogP contribution is 2.32. The van der Waals surface area contributed by atoms with Crippen molar-refractivity contribution in [2.75, 3.05) is 45.9 Å². The topological polar surface area (TPSA) is 107 Å². The normalized spacial score (nSPS) is 18.6. The summed E-state index contributed by atoms with van der Waals surface area (Å²) in [6.45, 7) is 5.18. The molecule has 2 aliphatic heterocycles. The van der Waals surface area contributed by atoms with Crippen LogP contribution in [0.4, 0.5) is 5.69 Å². The molecule has 1 aromatic rings. The van der Waals surface area contributed by atoms with Gasteiger partial charge in [-0.15, -0.1) is 0 Å². The predicted octanol–water partition coefficient (Wildman–Crippen LogP) is 0.305. The maximum Gasteiger partial charge on any atom is 0.277 e. The molecule has 1 aromatic carbocycles. The molecule has 0 unspecified atom stereocenters.